The first kappa shape index (κ1) is 14.3. The molecular weight excluding hydrogens is 224 g/mol. The van der Waals surface area contributed by atoms with Crippen molar-refractivity contribution in [1.82, 2.24) is 5.32 Å². The number of aliphatic hydroxyl groups excluding tert-OH is 1. The standard InChI is InChI=1S/C15H30N2O/c1-11-5-7-12(8-6-11)15(9-16)17-14-4-2-3-13(14)10-18/h11-15,17-18H,2-10,16H2,1H3. The summed E-state index contributed by atoms with van der Waals surface area (Å²) >= 11 is 0. The molecule has 0 bridgehead atoms. The van der Waals surface area contributed by atoms with Crippen LogP contribution < -0.4 is 11.1 Å². The molecular formula is C15H30N2O. The van der Waals surface area contributed by atoms with E-state index in [1.54, 1.807) is 0 Å². The Hall–Kier alpha value is -0.120. The number of nitrogens with one attached hydrogen (secondary N) is 1. The SMILES string of the molecule is CC1CCC(C(CN)NC2CCCC2CO)CC1. The third-order valence-electron chi connectivity index (χ3n) is 5.21. The lowest BCUT2D eigenvalue weighted by atomic mass is 9.79. The number of aliphatic hydroxyl groups is 1. The number of hydrogen-bond donors (Lipinski definition) is 3. The fraction of sp³-hybridized carbons (Fsp3) is 1.00. The van der Waals surface area contributed by atoms with Crippen molar-refractivity contribution in [3.8, 4) is 0 Å². The van der Waals surface area contributed by atoms with Gasteiger partial charge in [-0.05, 0) is 43.4 Å². The summed E-state index contributed by atoms with van der Waals surface area (Å²) < 4.78 is 0. The maximum absolute atomic E-state index is 9.40. The molecule has 0 aromatic rings. The fourth-order valence-corrected chi connectivity index (χ4v) is 3.83. The van der Waals surface area contributed by atoms with Gasteiger partial charge >= 0.3 is 0 Å². The Labute approximate surface area is 112 Å². The van der Waals surface area contributed by atoms with Gasteiger partial charge in [0.05, 0.1) is 0 Å². The van der Waals surface area contributed by atoms with E-state index in [-0.39, 0.29) is 0 Å². The van der Waals surface area contributed by atoms with E-state index in [0.717, 1.165) is 18.4 Å². The highest BCUT2D eigenvalue weighted by atomic mass is 16.3. The van der Waals surface area contributed by atoms with Crippen LogP contribution in [0.2, 0.25) is 0 Å². The van der Waals surface area contributed by atoms with Crippen molar-refractivity contribution >= 4 is 0 Å². The van der Waals surface area contributed by atoms with Gasteiger partial charge in [-0.1, -0.05) is 26.2 Å². The summed E-state index contributed by atoms with van der Waals surface area (Å²) in [6, 6.07) is 0.970. The molecule has 0 aliphatic heterocycles. The molecule has 18 heavy (non-hydrogen) atoms. The maximum Gasteiger partial charge on any atom is 0.0474 e. The Bertz CT molecular complexity index is 239. The summed E-state index contributed by atoms with van der Waals surface area (Å²) in [4.78, 5) is 0. The zero-order valence-electron chi connectivity index (χ0n) is 11.8. The Morgan fingerprint density at radius 3 is 2.50 bits per heavy atom. The molecule has 106 valence electrons. The quantitative estimate of drug-likeness (QED) is 0.702. The highest BCUT2D eigenvalue weighted by molar-refractivity contribution is 4.89. The number of nitrogens with two attached hydrogens (primary N) is 1. The van der Waals surface area contributed by atoms with Crippen molar-refractivity contribution in [2.24, 2.45) is 23.5 Å². The highest BCUT2D eigenvalue weighted by Crippen LogP contribution is 2.32. The first-order chi connectivity index (χ1) is 8.74. The molecule has 3 atom stereocenters. The summed E-state index contributed by atoms with van der Waals surface area (Å²) in [5, 5.41) is 13.2. The molecule has 2 aliphatic rings. The zero-order valence-corrected chi connectivity index (χ0v) is 11.8. The lowest BCUT2D eigenvalue weighted by molar-refractivity contribution is 0.174. The molecule has 0 radical (unpaired) electrons. The van der Waals surface area contributed by atoms with Gasteiger partial charge in [0.2, 0.25) is 0 Å². The average Bonchev–Trinajstić information content (AvgIpc) is 2.84. The first-order valence-electron chi connectivity index (χ1n) is 7.81. The second-order valence-corrected chi connectivity index (χ2v) is 6.51. The molecule has 3 heteroatoms. The molecule has 3 unspecified atom stereocenters. The van der Waals surface area contributed by atoms with Crippen LogP contribution in [0.1, 0.15) is 51.9 Å². The lowest BCUT2D eigenvalue weighted by Gasteiger charge is -2.35. The van der Waals surface area contributed by atoms with Crippen LogP contribution >= 0.6 is 0 Å². The molecule has 2 aliphatic carbocycles. The molecule has 0 aromatic carbocycles. The average molecular weight is 254 g/mol. The maximum atomic E-state index is 9.40. The van der Waals surface area contributed by atoms with Crippen LogP contribution in [-0.4, -0.2) is 30.3 Å². The molecule has 0 spiro atoms. The summed E-state index contributed by atoms with van der Waals surface area (Å²) in [6.07, 6.45) is 9.01. The molecule has 0 saturated heterocycles. The van der Waals surface area contributed by atoms with Crippen LogP contribution in [0.5, 0.6) is 0 Å². The van der Waals surface area contributed by atoms with Gasteiger partial charge in [0, 0.05) is 25.2 Å². The van der Waals surface area contributed by atoms with Crippen LogP contribution in [-0.2, 0) is 0 Å². The van der Waals surface area contributed by atoms with Crippen molar-refractivity contribution < 1.29 is 5.11 Å². The summed E-state index contributed by atoms with van der Waals surface area (Å²) in [6.45, 7) is 3.43. The van der Waals surface area contributed by atoms with Gasteiger partial charge in [0.25, 0.3) is 0 Å². The van der Waals surface area contributed by atoms with E-state index in [0.29, 0.717) is 24.6 Å². The number of rotatable bonds is 5. The Balaban J connectivity index is 1.84. The Morgan fingerprint density at radius 2 is 1.89 bits per heavy atom. The van der Waals surface area contributed by atoms with Crippen LogP contribution in [0.15, 0.2) is 0 Å². The van der Waals surface area contributed by atoms with Gasteiger partial charge in [-0.25, -0.2) is 0 Å². The monoisotopic (exact) mass is 254 g/mol. The van der Waals surface area contributed by atoms with Crippen molar-refractivity contribution in [3.05, 3.63) is 0 Å². The predicted octanol–water partition coefficient (Wildman–Crippen LogP) is 1.89. The van der Waals surface area contributed by atoms with Gasteiger partial charge in [-0.3, -0.25) is 0 Å². The van der Waals surface area contributed by atoms with Gasteiger partial charge < -0.3 is 16.2 Å². The van der Waals surface area contributed by atoms with E-state index in [9.17, 15) is 5.11 Å². The molecule has 2 fully saturated rings. The van der Waals surface area contributed by atoms with E-state index in [2.05, 4.69) is 12.2 Å². The van der Waals surface area contributed by atoms with E-state index < -0.39 is 0 Å². The van der Waals surface area contributed by atoms with E-state index in [1.165, 1.54) is 44.9 Å². The second-order valence-electron chi connectivity index (χ2n) is 6.51. The molecule has 4 N–H and O–H groups in total. The summed E-state index contributed by atoms with van der Waals surface area (Å²) in [7, 11) is 0. The zero-order chi connectivity index (χ0) is 13.0. The van der Waals surface area contributed by atoms with Gasteiger partial charge in [0.15, 0.2) is 0 Å². The minimum absolute atomic E-state index is 0.330. The van der Waals surface area contributed by atoms with Crippen molar-refractivity contribution in [1.29, 1.82) is 0 Å². The smallest absolute Gasteiger partial charge is 0.0474 e. The molecule has 0 heterocycles. The minimum Gasteiger partial charge on any atom is -0.396 e. The number of hydrogen-bond acceptors (Lipinski definition) is 3. The normalized spacial score (nSPS) is 38.8. The molecule has 2 rings (SSSR count). The highest BCUT2D eigenvalue weighted by Gasteiger charge is 2.31. The van der Waals surface area contributed by atoms with Crippen molar-refractivity contribution in [3.63, 3.8) is 0 Å². The Kier molecular flexibility index (Phi) is 5.46. The van der Waals surface area contributed by atoms with Crippen LogP contribution in [0, 0.1) is 17.8 Å². The summed E-state index contributed by atoms with van der Waals surface area (Å²) in [5.74, 6) is 2.11. The third kappa shape index (κ3) is 3.46. The molecule has 0 amide bonds. The van der Waals surface area contributed by atoms with Gasteiger partial charge in [-0.15, -0.1) is 0 Å². The van der Waals surface area contributed by atoms with Crippen molar-refractivity contribution in [2.45, 2.75) is 64.0 Å². The molecule has 2 saturated carbocycles. The third-order valence-corrected chi connectivity index (χ3v) is 5.21. The van der Waals surface area contributed by atoms with E-state index >= 15 is 0 Å². The predicted molar refractivity (Wildman–Crippen MR) is 75.3 cm³/mol. The van der Waals surface area contributed by atoms with Crippen molar-refractivity contribution in [2.75, 3.05) is 13.2 Å². The largest absolute Gasteiger partial charge is 0.396 e. The van der Waals surface area contributed by atoms with Crippen LogP contribution in [0.3, 0.4) is 0 Å². The van der Waals surface area contributed by atoms with Crippen LogP contribution in [0.25, 0.3) is 0 Å². The Morgan fingerprint density at radius 1 is 1.17 bits per heavy atom. The lowest BCUT2D eigenvalue weighted by Crippen LogP contribution is -2.49. The minimum atomic E-state index is 0.330. The molecule has 0 aromatic heterocycles. The molecule has 3 nitrogen and oxygen atoms in total. The fourth-order valence-electron chi connectivity index (χ4n) is 3.83. The van der Waals surface area contributed by atoms with Gasteiger partial charge in [0.1, 0.15) is 0 Å². The topological polar surface area (TPSA) is 58.3 Å². The van der Waals surface area contributed by atoms with E-state index in [4.69, 9.17) is 5.73 Å². The first-order valence-corrected chi connectivity index (χ1v) is 7.81. The van der Waals surface area contributed by atoms with E-state index in [1.807, 2.05) is 0 Å². The second kappa shape index (κ2) is 6.88. The van der Waals surface area contributed by atoms with Crippen LogP contribution in [0.4, 0.5) is 0 Å². The summed E-state index contributed by atoms with van der Waals surface area (Å²) in [5.41, 5.74) is 5.98. The van der Waals surface area contributed by atoms with Gasteiger partial charge in [-0.2, -0.15) is 0 Å².